The van der Waals surface area contributed by atoms with Crippen LogP contribution in [0, 0.1) is 0 Å². The molecule has 21 heavy (non-hydrogen) atoms. The van der Waals surface area contributed by atoms with Gasteiger partial charge in [-0.2, -0.15) is 0 Å². The second-order valence-corrected chi connectivity index (χ2v) is 5.79. The molecular formula is C16H17BrN4. The zero-order chi connectivity index (χ0) is 14.8. The standard InChI is InChI=1S/C16H17BrN4/c1-3-18-15(16-19-8-9-21(16)2)14-12(17)10-11-6-4-5-7-13(11)20-14/h4-10,15,18H,3H2,1-2H3. The highest BCUT2D eigenvalue weighted by atomic mass is 79.9. The van der Waals surface area contributed by atoms with E-state index in [1.165, 1.54) is 0 Å². The van der Waals surface area contributed by atoms with E-state index in [-0.39, 0.29) is 6.04 Å². The van der Waals surface area contributed by atoms with Crippen molar-refractivity contribution in [3.05, 3.63) is 58.7 Å². The lowest BCUT2D eigenvalue weighted by molar-refractivity contribution is 0.564. The van der Waals surface area contributed by atoms with Crippen LogP contribution in [0.4, 0.5) is 0 Å². The van der Waals surface area contributed by atoms with Crippen LogP contribution in [0.3, 0.4) is 0 Å². The van der Waals surface area contributed by atoms with Crippen molar-refractivity contribution in [3.8, 4) is 0 Å². The first-order chi connectivity index (χ1) is 10.2. The topological polar surface area (TPSA) is 42.7 Å². The number of halogens is 1. The number of nitrogens with zero attached hydrogens (tertiary/aromatic N) is 3. The molecule has 0 radical (unpaired) electrons. The molecule has 3 aromatic rings. The van der Waals surface area contributed by atoms with Gasteiger partial charge in [-0.3, -0.25) is 0 Å². The third-order valence-corrected chi connectivity index (χ3v) is 4.14. The molecule has 0 aliphatic carbocycles. The highest BCUT2D eigenvalue weighted by Crippen LogP contribution is 2.29. The van der Waals surface area contributed by atoms with Gasteiger partial charge in [0.05, 0.1) is 11.2 Å². The van der Waals surface area contributed by atoms with E-state index in [9.17, 15) is 0 Å². The Balaban J connectivity index is 2.15. The summed E-state index contributed by atoms with van der Waals surface area (Å²) in [5, 5.41) is 4.60. The number of pyridine rings is 1. The first kappa shape index (κ1) is 14.2. The SMILES string of the molecule is CCNC(c1nc2ccccc2cc1Br)c1nccn1C. The molecule has 0 saturated heterocycles. The Morgan fingerprint density at radius 2 is 2.14 bits per heavy atom. The van der Waals surface area contributed by atoms with Crippen molar-refractivity contribution < 1.29 is 0 Å². The Hall–Kier alpha value is -1.72. The lowest BCUT2D eigenvalue weighted by Gasteiger charge is -2.19. The molecule has 2 heterocycles. The monoisotopic (exact) mass is 344 g/mol. The number of benzene rings is 1. The van der Waals surface area contributed by atoms with Crippen molar-refractivity contribution in [3.63, 3.8) is 0 Å². The van der Waals surface area contributed by atoms with Crippen LogP contribution in [-0.4, -0.2) is 21.1 Å². The molecule has 1 N–H and O–H groups in total. The molecule has 4 nitrogen and oxygen atoms in total. The summed E-state index contributed by atoms with van der Waals surface area (Å²) in [7, 11) is 2.00. The van der Waals surface area contributed by atoms with Gasteiger partial charge in [0.25, 0.3) is 0 Å². The van der Waals surface area contributed by atoms with Crippen molar-refractivity contribution in [2.75, 3.05) is 6.54 Å². The summed E-state index contributed by atoms with van der Waals surface area (Å²) in [5.74, 6) is 0.959. The lowest BCUT2D eigenvalue weighted by Crippen LogP contribution is -2.26. The minimum absolute atomic E-state index is 0.0334. The first-order valence-corrected chi connectivity index (χ1v) is 7.75. The maximum Gasteiger partial charge on any atom is 0.131 e. The van der Waals surface area contributed by atoms with Crippen molar-refractivity contribution >= 4 is 26.8 Å². The molecule has 2 aromatic heterocycles. The quantitative estimate of drug-likeness (QED) is 0.788. The normalized spacial score (nSPS) is 12.7. The molecule has 3 rings (SSSR count). The number of aromatic nitrogens is 3. The molecule has 0 aliphatic rings. The van der Waals surface area contributed by atoms with Gasteiger partial charge in [-0.1, -0.05) is 25.1 Å². The average molecular weight is 345 g/mol. The minimum atomic E-state index is -0.0334. The molecule has 5 heteroatoms. The number of fused-ring (bicyclic) bond motifs is 1. The smallest absolute Gasteiger partial charge is 0.131 e. The van der Waals surface area contributed by atoms with Crippen LogP contribution in [-0.2, 0) is 7.05 Å². The largest absolute Gasteiger partial charge is 0.336 e. The van der Waals surface area contributed by atoms with Crippen LogP contribution < -0.4 is 5.32 Å². The van der Waals surface area contributed by atoms with Crippen LogP contribution in [0.2, 0.25) is 0 Å². The van der Waals surface area contributed by atoms with E-state index >= 15 is 0 Å². The highest BCUT2D eigenvalue weighted by Gasteiger charge is 2.21. The fraction of sp³-hybridized carbons (Fsp3) is 0.250. The predicted octanol–water partition coefficient (Wildman–Crippen LogP) is 3.43. The fourth-order valence-corrected chi connectivity index (χ4v) is 3.04. The van der Waals surface area contributed by atoms with Gasteiger partial charge in [0.1, 0.15) is 11.9 Å². The molecule has 0 bridgehead atoms. The number of hydrogen-bond acceptors (Lipinski definition) is 3. The summed E-state index contributed by atoms with van der Waals surface area (Å²) in [6.07, 6.45) is 3.77. The van der Waals surface area contributed by atoms with E-state index < -0.39 is 0 Å². The maximum atomic E-state index is 4.83. The number of imidazole rings is 1. The van der Waals surface area contributed by atoms with Gasteiger partial charge >= 0.3 is 0 Å². The summed E-state index contributed by atoms with van der Waals surface area (Å²) in [6, 6.07) is 10.2. The van der Waals surface area contributed by atoms with E-state index in [1.807, 2.05) is 42.2 Å². The Labute approximate surface area is 132 Å². The van der Waals surface area contributed by atoms with Crippen molar-refractivity contribution in [1.29, 1.82) is 0 Å². The van der Waals surface area contributed by atoms with E-state index in [2.05, 4.69) is 45.3 Å². The van der Waals surface area contributed by atoms with E-state index in [0.717, 1.165) is 33.4 Å². The van der Waals surface area contributed by atoms with Crippen molar-refractivity contribution in [2.45, 2.75) is 13.0 Å². The molecule has 0 spiro atoms. The second-order valence-electron chi connectivity index (χ2n) is 4.94. The summed E-state index contributed by atoms with van der Waals surface area (Å²) in [4.78, 5) is 9.30. The summed E-state index contributed by atoms with van der Waals surface area (Å²) < 4.78 is 3.02. The third kappa shape index (κ3) is 2.71. The van der Waals surface area contributed by atoms with Crippen molar-refractivity contribution in [1.82, 2.24) is 19.9 Å². The molecule has 0 amide bonds. The van der Waals surface area contributed by atoms with Crippen molar-refractivity contribution in [2.24, 2.45) is 7.05 Å². The van der Waals surface area contributed by atoms with Gasteiger partial charge in [0.15, 0.2) is 0 Å². The highest BCUT2D eigenvalue weighted by molar-refractivity contribution is 9.10. The molecule has 0 aliphatic heterocycles. The molecule has 1 aromatic carbocycles. The number of para-hydroxylation sites is 1. The number of nitrogens with one attached hydrogen (secondary N) is 1. The zero-order valence-corrected chi connectivity index (χ0v) is 13.6. The van der Waals surface area contributed by atoms with Gasteiger partial charge in [-0.05, 0) is 34.6 Å². The van der Waals surface area contributed by atoms with Crippen LogP contribution in [0.1, 0.15) is 24.5 Å². The van der Waals surface area contributed by atoms with Crippen LogP contribution >= 0.6 is 15.9 Å². The van der Waals surface area contributed by atoms with Crippen LogP contribution in [0.15, 0.2) is 47.2 Å². The zero-order valence-electron chi connectivity index (χ0n) is 12.0. The van der Waals surface area contributed by atoms with Gasteiger partial charge in [0.2, 0.25) is 0 Å². The van der Waals surface area contributed by atoms with Crippen LogP contribution in [0.25, 0.3) is 10.9 Å². The Bertz CT molecular complexity index is 766. The number of rotatable bonds is 4. The average Bonchev–Trinajstić information content (AvgIpc) is 2.90. The Morgan fingerprint density at radius 1 is 1.33 bits per heavy atom. The minimum Gasteiger partial charge on any atom is -0.336 e. The van der Waals surface area contributed by atoms with Crippen LogP contribution in [0.5, 0.6) is 0 Å². The predicted molar refractivity (Wildman–Crippen MR) is 88.2 cm³/mol. The fourth-order valence-electron chi connectivity index (χ4n) is 2.48. The Morgan fingerprint density at radius 3 is 2.86 bits per heavy atom. The van der Waals surface area contributed by atoms with E-state index in [4.69, 9.17) is 4.98 Å². The Kier molecular flexibility index (Phi) is 4.03. The maximum absolute atomic E-state index is 4.83. The van der Waals surface area contributed by atoms with E-state index in [1.54, 1.807) is 0 Å². The van der Waals surface area contributed by atoms with Gasteiger partial charge in [-0.25, -0.2) is 9.97 Å². The van der Waals surface area contributed by atoms with Gasteiger partial charge < -0.3 is 9.88 Å². The molecular weight excluding hydrogens is 328 g/mol. The third-order valence-electron chi connectivity index (χ3n) is 3.50. The summed E-state index contributed by atoms with van der Waals surface area (Å²) in [6.45, 7) is 2.93. The first-order valence-electron chi connectivity index (χ1n) is 6.96. The number of hydrogen-bond donors (Lipinski definition) is 1. The lowest BCUT2D eigenvalue weighted by atomic mass is 10.1. The molecule has 0 saturated carbocycles. The summed E-state index contributed by atoms with van der Waals surface area (Å²) >= 11 is 3.66. The van der Waals surface area contributed by atoms with Gasteiger partial charge in [0, 0.05) is 29.3 Å². The van der Waals surface area contributed by atoms with E-state index in [0.29, 0.717) is 0 Å². The number of aryl methyl sites for hydroxylation is 1. The summed E-state index contributed by atoms with van der Waals surface area (Å²) in [5.41, 5.74) is 1.96. The second kappa shape index (κ2) is 5.95. The molecule has 1 unspecified atom stereocenters. The molecule has 0 fully saturated rings. The van der Waals surface area contributed by atoms with Gasteiger partial charge in [-0.15, -0.1) is 0 Å². The molecule has 1 atom stereocenters. The molecule has 108 valence electrons.